The maximum absolute atomic E-state index is 8.56. The van der Waals surface area contributed by atoms with Crippen LogP contribution in [0.15, 0.2) is 0 Å². The zero-order valence-corrected chi connectivity index (χ0v) is 7.68. The van der Waals surface area contributed by atoms with E-state index in [-0.39, 0.29) is 13.2 Å². The van der Waals surface area contributed by atoms with Crippen molar-refractivity contribution in [3.63, 3.8) is 0 Å². The quantitative estimate of drug-likeness (QED) is 0.472. The van der Waals surface area contributed by atoms with Gasteiger partial charge >= 0.3 is 6.16 Å². The molecule has 6 nitrogen and oxygen atoms in total. The molecule has 0 aromatic rings. The number of aliphatic hydroxyl groups excluding tert-OH is 2. The minimum absolute atomic E-state index is 0.174. The largest absolute Gasteiger partial charge is 0.503 e. The lowest BCUT2D eigenvalue weighted by Crippen LogP contribution is -2.29. The van der Waals surface area contributed by atoms with Crippen LogP contribution in [0.5, 0.6) is 0 Å². The third-order valence-corrected chi connectivity index (χ3v) is 1.28. The van der Waals surface area contributed by atoms with E-state index in [1.54, 1.807) is 0 Å². The van der Waals surface area contributed by atoms with Gasteiger partial charge in [-0.1, -0.05) is 6.92 Å². The van der Waals surface area contributed by atoms with Gasteiger partial charge in [0.2, 0.25) is 0 Å². The Kier molecular flexibility index (Phi) is 12.6. The van der Waals surface area contributed by atoms with Crippen LogP contribution in [0.2, 0.25) is 0 Å². The van der Waals surface area contributed by atoms with E-state index in [4.69, 9.17) is 25.2 Å². The van der Waals surface area contributed by atoms with Crippen molar-refractivity contribution in [2.45, 2.75) is 6.92 Å². The van der Waals surface area contributed by atoms with Crippen molar-refractivity contribution in [2.24, 2.45) is 0 Å². The highest BCUT2D eigenvalue weighted by Gasteiger charge is 1.97. The van der Waals surface area contributed by atoms with Crippen molar-refractivity contribution in [3.8, 4) is 0 Å². The van der Waals surface area contributed by atoms with Gasteiger partial charge in [-0.15, -0.1) is 0 Å². The SMILES string of the molecule is CCN(CCO)CCO.O=C(O)O. The van der Waals surface area contributed by atoms with Crippen LogP contribution in [0.25, 0.3) is 0 Å². The highest BCUT2D eigenvalue weighted by molar-refractivity contribution is 5.53. The Morgan fingerprint density at radius 2 is 1.46 bits per heavy atom. The van der Waals surface area contributed by atoms with Crippen molar-refractivity contribution in [3.05, 3.63) is 0 Å². The lowest BCUT2D eigenvalue weighted by Gasteiger charge is -2.16. The Hall–Kier alpha value is -0.850. The molecule has 6 heteroatoms. The van der Waals surface area contributed by atoms with Gasteiger partial charge in [0.15, 0.2) is 0 Å². The normalized spacial score (nSPS) is 9.23. The molecule has 0 bridgehead atoms. The molecule has 0 spiro atoms. The minimum Gasteiger partial charge on any atom is -0.450 e. The number of hydrogen-bond acceptors (Lipinski definition) is 4. The van der Waals surface area contributed by atoms with Crippen LogP contribution < -0.4 is 0 Å². The Labute approximate surface area is 77.0 Å². The van der Waals surface area contributed by atoms with Crippen molar-refractivity contribution in [2.75, 3.05) is 32.8 Å². The highest BCUT2D eigenvalue weighted by Crippen LogP contribution is 1.83. The predicted molar refractivity (Wildman–Crippen MR) is 46.9 cm³/mol. The van der Waals surface area contributed by atoms with Crippen molar-refractivity contribution in [1.82, 2.24) is 4.90 Å². The zero-order chi connectivity index (χ0) is 10.7. The number of likely N-dealkylation sites (N-methyl/N-ethyl adjacent to an activating group) is 1. The number of carbonyl (C=O) groups is 1. The summed E-state index contributed by atoms with van der Waals surface area (Å²) in [6.45, 7) is 4.57. The first-order valence-corrected chi connectivity index (χ1v) is 3.94. The maximum atomic E-state index is 8.56. The van der Waals surface area contributed by atoms with Crippen LogP contribution in [0.1, 0.15) is 6.92 Å². The number of aliphatic hydroxyl groups is 2. The minimum atomic E-state index is -1.83. The van der Waals surface area contributed by atoms with E-state index in [0.717, 1.165) is 6.54 Å². The summed E-state index contributed by atoms with van der Waals surface area (Å²) in [4.78, 5) is 10.5. The van der Waals surface area contributed by atoms with E-state index >= 15 is 0 Å². The molecule has 0 saturated heterocycles. The number of hydrogen-bond donors (Lipinski definition) is 4. The summed E-state index contributed by atoms with van der Waals surface area (Å²) < 4.78 is 0. The first kappa shape index (κ1) is 14.7. The number of nitrogens with zero attached hydrogens (tertiary/aromatic N) is 1. The molecule has 0 unspecified atom stereocenters. The van der Waals surface area contributed by atoms with Gasteiger partial charge in [0.1, 0.15) is 0 Å². The number of rotatable bonds is 5. The molecule has 0 atom stereocenters. The summed E-state index contributed by atoms with van der Waals surface area (Å²) in [6.07, 6.45) is -1.83. The second kappa shape index (κ2) is 11.2. The molecule has 0 saturated carbocycles. The molecule has 0 aromatic carbocycles. The third kappa shape index (κ3) is 18.3. The second-order valence-corrected chi connectivity index (χ2v) is 2.16. The summed E-state index contributed by atoms with van der Waals surface area (Å²) in [5.41, 5.74) is 0. The van der Waals surface area contributed by atoms with Crippen LogP contribution in [-0.4, -0.2) is 64.3 Å². The van der Waals surface area contributed by atoms with Gasteiger partial charge in [0.05, 0.1) is 13.2 Å². The molecule has 4 N–H and O–H groups in total. The Bertz CT molecular complexity index is 109. The molecule has 13 heavy (non-hydrogen) atoms. The Morgan fingerprint density at radius 3 is 1.62 bits per heavy atom. The molecule has 0 heterocycles. The van der Waals surface area contributed by atoms with Crippen LogP contribution >= 0.6 is 0 Å². The monoisotopic (exact) mass is 195 g/mol. The average molecular weight is 195 g/mol. The first-order valence-electron chi connectivity index (χ1n) is 3.94. The van der Waals surface area contributed by atoms with E-state index in [1.165, 1.54) is 0 Å². The van der Waals surface area contributed by atoms with E-state index in [2.05, 4.69) is 0 Å². The summed E-state index contributed by atoms with van der Waals surface area (Å²) in [6, 6.07) is 0. The predicted octanol–water partition coefficient (Wildman–Crippen LogP) is -0.485. The molecule has 0 aliphatic carbocycles. The maximum Gasteiger partial charge on any atom is 0.503 e. The fourth-order valence-corrected chi connectivity index (χ4v) is 0.711. The topological polar surface area (TPSA) is 101 Å². The van der Waals surface area contributed by atoms with Gasteiger partial charge in [-0.2, -0.15) is 0 Å². The van der Waals surface area contributed by atoms with E-state index in [9.17, 15) is 0 Å². The fourth-order valence-electron chi connectivity index (χ4n) is 0.711. The molecule has 0 aliphatic rings. The molecular weight excluding hydrogens is 178 g/mol. The molecule has 0 amide bonds. The third-order valence-electron chi connectivity index (χ3n) is 1.28. The summed E-state index contributed by atoms with van der Waals surface area (Å²) in [5.74, 6) is 0. The van der Waals surface area contributed by atoms with E-state index in [0.29, 0.717) is 13.1 Å². The summed E-state index contributed by atoms with van der Waals surface area (Å²) in [7, 11) is 0. The molecule has 80 valence electrons. The van der Waals surface area contributed by atoms with Crippen LogP contribution in [0.4, 0.5) is 4.79 Å². The molecule has 0 radical (unpaired) electrons. The lowest BCUT2D eigenvalue weighted by atomic mass is 10.5. The fraction of sp³-hybridized carbons (Fsp3) is 0.857. The molecule has 0 fully saturated rings. The average Bonchev–Trinajstić information content (AvgIpc) is 2.03. The van der Waals surface area contributed by atoms with Gasteiger partial charge in [0, 0.05) is 13.1 Å². The van der Waals surface area contributed by atoms with Gasteiger partial charge in [-0.05, 0) is 6.54 Å². The van der Waals surface area contributed by atoms with Gasteiger partial charge < -0.3 is 20.4 Å². The van der Waals surface area contributed by atoms with Gasteiger partial charge in [-0.3, -0.25) is 4.90 Å². The zero-order valence-electron chi connectivity index (χ0n) is 7.68. The lowest BCUT2D eigenvalue weighted by molar-refractivity contribution is 0.137. The highest BCUT2D eigenvalue weighted by atomic mass is 16.6. The summed E-state index contributed by atoms with van der Waals surface area (Å²) in [5, 5.41) is 30.9. The van der Waals surface area contributed by atoms with E-state index in [1.807, 2.05) is 11.8 Å². The smallest absolute Gasteiger partial charge is 0.450 e. The molecule has 0 aliphatic heterocycles. The Balaban J connectivity index is 0. The van der Waals surface area contributed by atoms with Crippen LogP contribution in [-0.2, 0) is 0 Å². The van der Waals surface area contributed by atoms with Gasteiger partial charge in [0.25, 0.3) is 0 Å². The first-order chi connectivity index (χ1) is 6.08. The standard InChI is InChI=1S/C6H15NO2.CH2O3/c1-2-7(3-5-8)4-6-9;2-1(3)4/h8-9H,2-6H2,1H3;(H2,2,3,4). The van der Waals surface area contributed by atoms with Crippen LogP contribution in [0, 0.1) is 0 Å². The second-order valence-electron chi connectivity index (χ2n) is 2.16. The molecule has 0 rings (SSSR count). The number of carboxylic acid groups (broad SMARTS) is 2. The van der Waals surface area contributed by atoms with E-state index < -0.39 is 6.16 Å². The van der Waals surface area contributed by atoms with Gasteiger partial charge in [-0.25, -0.2) is 4.79 Å². The van der Waals surface area contributed by atoms with Crippen molar-refractivity contribution >= 4 is 6.16 Å². The van der Waals surface area contributed by atoms with Crippen LogP contribution in [0.3, 0.4) is 0 Å². The molecule has 0 aromatic heterocycles. The van der Waals surface area contributed by atoms with Crippen molar-refractivity contribution < 1.29 is 25.2 Å². The summed E-state index contributed by atoms with van der Waals surface area (Å²) >= 11 is 0. The van der Waals surface area contributed by atoms with Crippen molar-refractivity contribution in [1.29, 1.82) is 0 Å². The Morgan fingerprint density at radius 1 is 1.15 bits per heavy atom. The molecular formula is C7H17NO5.